The van der Waals surface area contributed by atoms with Gasteiger partial charge >= 0.3 is 0 Å². The molecule has 7 nitrogen and oxygen atoms in total. The van der Waals surface area contributed by atoms with Crippen LogP contribution in [0.3, 0.4) is 0 Å². The zero-order valence-corrected chi connectivity index (χ0v) is 19.0. The third kappa shape index (κ3) is 4.34. The Morgan fingerprint density at radius 2 is 2.00 bits per heavy atom. The lowest BCUT2D eigenvalue weighted by molar-refractivity contribution is -0.384. The van der Waals surface area contributed by atoms with Crippen molar-refractivity contribution in [3.8, 4) is 11.3 Å². The van der Waals surface area contributed by atoms with Crippen LogP contribution in [0.2, 0.25) is 5.02 Å². The fourth-order valence-corrected chi connectivity index (χ4v) is 4.60. The summed E-state index contributed by atoms with van der Waals surface area (Å²) in [5, 5.41) is 10.5. The van der Waals surface area contributed by atoms with Crippen LogP contribution in [0.1, 0.15) is 11.3 Å². The molecule has 2 aromatic carbocycles. The molecule has 1 aromatic heterocycles. The van der Waals surface area contributed by atoms with Crippen molar-refractivity contribution < 1.29 is 23.3 Å². The van der Waals surface area contributed by atoms with Crippen molar-refractivity contribution in [3.05, 3.63) is 90.2 Å². The lowest BCUT2D eigenvalue weighted by Gasteiger charge is -2.14. The minimum absolute atomic E-state index is 0.0565. The van der Waals surface area contributed by atoms with E-state index in [2.05, 4.69) is 15.9 Å². The Morgan fingerprint density at radius 3 is 2.69 bits per heavy atom. The number of hydrogen-bond acceptors (Lipinski definition) is 6. The van der Waals surface area contributed by atoms with Crippen molar-refractivity contribution in [2.75, 3.05) is 0 Å². The molecule has 1 aliphatic rings. The predicted molar refractivity (Wildman–Crippen MR) is 121 cm³/mol. The molecule has 0 unspecified atom stereocenters. The Bertz CT molecular complexity index is 1290. The Morgan fingerprint density at radius 1 is 1.22 bits per heavy atom. The number of hydrogen-bond donors (Lipinski definition) is 0. The van der Waals surface area contributed by atoms with E-state index < -0.39 is 21.9 Å². The van der Waals surface area contributed by atoms with Gasteiger partial charge in [0.2, 0.25) is 0 Å². The summed E-state index contributed by atoms with van der Waals surface area (Å²) in [6.07, 6.45) is 1.41. The van der Waals surface area contributed by atoms with E-state index in [1.807, 2.05) is 0 Å². The van der Waals surface area contributed by atoms with Gasteiger partial charge in [-0.05, 0) is 58.0 Å². The third-order valence-corrected chi connectivity index (χ3v) is 6.50. The van der Waals surface area contributed by atoms with E-state index >= 15 is 0 Å². The van der Waals surface area contributed by atoms with E-state index in [-0.39, 0.29) is 27.7 Å². The SMILES string of the molecule is O=C1S/C(=C/c2ccc(-c3ccc([N+](=O)[O-])cc3Br)o2)C(=O)N1Cc1c(F)cccc1Cl. The van der Waals surface area contributed by atoms with Gasteiger partial charge in [-0.15, -0.1) is 0 Å². The molecule has 0 spiro atoms. The molecule has 1 fully saturated rings. The topological polar surface area (TPSA) is 93.7 Å². The maximum atomic E-state index is 14.1. The molecule has 32 heavy (non-hydrogen) atoms. The predicted octanol–water partition coefficient (Wildman–Crippen LogP) is 6.65. The van der Waals surface area contributed by atoms with Crippen LogP contribution in [0.5, 0.6) is 0 Å². The molecule has 0 saturated carbocycles. The number of imide groups is 1. The third-order valence-electron chi connectivity index (χ3n) is 4.58. The largest absolute Gasteiger partial charge is 0.457 e. The summed E-state index contributed by atoms with van der Waals surface area (Å²) in [5.74, 6) is -0.478. The number of amides is 2. The molecule has 1 aliphatic heterocycles. The minimum Gasteiger partial charge on any atom is -0.457 e. The first kappa shape index (κ1) is 22.3. The quantitative estimate of drug-likeness (QED) is 0.206. The number of carbonyl (C=O) groups is 2. The average molecular weight is 538 g/mol. The lowest BCUT2D eigenvalue weighted by Crippen LogP contribution is -2.28. The molecule has 4 rings (SSSR count). The normalized spacial score (nSPS) is 15.1. The number of halogens is 3. The maximum absolute atomic E-state index is 14.1. The summed E-state index contributed by atoms with van der Waals surface area (Å²) < 4.78 is 20.3. The first-order valence-electron chi connectivity index (χ1n) is 8.97. The van der Waals surface area contributed by atoms with Crippen molar-refractivity contribution in [3.63, 3.8) is 0 Å². The van der Waals surface area contributed by atoms with Crippen LogP contribution in [0.25, 0.3) is 17.4 Å². The van der Waals surface area contributed by atoms with E-state index in [0.717, 1.165) is 4.90 Å². The molecular formula is C21H11BrClFN2O5S. The van der Waals surface area contributed by atoms with E-state index in [1.165, 1.54) is 42.5 Å². The highest BCUT2D eigenvalue weighted by molar-refractivity contribution is 9.10. The van der Waals surface area contributed by atoms with Crippen LogP contribution in [0.15, 0.2) is 62.3 Å². The van der Waals surface area contributed by atoms with E-state index in [9.17, 15) is 24.1 Å². The molecule has 0 atom stereocenters. The second-order valence-electron chi connectivity index (χ2n) is 6.59. The molecule has 2 amide bonds. The summed E-state index contributed by atoms with van der Waals surface area (Å²) in [5.41, 5.74) is 0.564. The molecule has 3 aromatic rings. The Hall–Kier alpha value is -2.95. The summed E-state index contributed by atoms with van der Waals surface area (Å²) >= 11 is 10.0. The van der Waals surface area contributed by atoms with Crippen LogP contribution >= 0.6 is 39.3 Å². The van der Waals surface area contributed by atoms with Gasteiger partial charge in [-0.2, -0.15) is 0 Å². The zero-order chi connectivity index (χ0) is 23.0. The number of benzene rings is 2. The van der Waals surface area contributed by atoms with Gasteiger partial charge in [-0.3, -0.25) is 24.6 Å². The van der Waals surface area contributed by atoms with Gasteiger partial charge in [0.1, 0.15) is 17.3 Å². The van der Waals surface area contributed by atoms with Crippen LogP contribution in [-0.4, -0.2) is 21.0 Å². The van der Waals surface area contributed by atoms with E-state index in [0.29, 0.717) is 33.3 Å². The molecule has 1 saturated heterocycles. The van der Waals surface area contributed by atoms with Crippen molar-refractivity contribution in [2.24, 2.45) is 0 Å². The maximum Gasteiger partial charge on any atom is 0.293 e. The van der Waals surface area contributed by atoms with Gasteiger partial charge in [0, 0.05) is 38.8 Å². The highest BCUT2D eigenvalue weighted by atomic mass is 79.9. The first-order valence-corrected chi connectivity index (χ1v) is 11.0. The Balaban J connectivity index is 1.57. The highest BCUT2D eigenvalue weighted by Crippen LogP contribution is 2.37. The van der Waals surface area contributed by atoms with E-state index in [4.69, 9.17) is 16.0 Å². The van der Waals surface area contributed by atoms with Crippen LogP contribution in [-0.2, 0) is 11.3 Å². The number of non-ortho nitro benzene ring substituents is 1. The van der Waals surface area contributed by atoms with Crippen molar-refractivity contribution >= 4 is 62.2 Å². The monoisotopic (exact) mass is 536 g/mol. The van der Waals surface area contributed by atoms with Crippen molar-refractivity contribution in [1.82, 2.24) is 4.90 Å². The van der Waals surface area contributed by atoms with Gasteiger partial charge in [0.15, 0.2) is 0 Å². The van der Waals surface area contributed by atoms with Crippen LogP contribution in [0.4, 0.5) is 14.9 Å². The Kier molecular flexibility index (Phi) is 6.18. The van der Waals surface area contributed by atoms with Gasteiger partial charge < -0.3 is 4.42 Å². The summed E-state index contributed by atoms with van der Waals surface area (Å²) in [6, 6.07) is 11.6. The van der Waals surface area contributed by atoms with Crippen LogP contribution in [0, 0.1) is 15.9 Å². The van der Waals surface area contributed by atoms with Gasteiger partial charge in [0.25, 0.3) is 16.8 Å². The fourth-order valence-electron chi connectivity index (χ4n) is 3.00. The molecule has 162 valence electrons. The smallest absolute Gasteiger partial charge is 0.293 e. The lowest BCUT2D eigenvalue weighted by atomic mass is 10.1. The fraction of sp³-hybridized carbons (Fsp3) is 0.0476. The summed E-state index contributed by atoms with van der Waals surface area (Å²) in [7, 11) is 0. The summed E-state index contributed by atoms with van der Waals surface area (Å²) in [4.78, 5) is 36.5. The highest BCUT2D eigenvalue weighted by Gasteiger charge is 2.36. The number of nitrogens with zero attached hydrogens (tertiary/aromatic N) is 2. The number of thioether (sulfide) groups is 1. The summed E-state index contributed by atoms with van der Waals surface area (Å²) in [6.45, 7) is -0.285. The molecule has 11 heteroatoms. The molecule has 2 heterocycles. The van der Waals surface area contributed by atoms with Gasteiger partial charge in [0.05, 0.1) is 16.4 Å². The van der Waals surface area contributed by atoms with E-state index in [1.54, 1.807) is 12.1 Å². The number of furan rings is 1. The first-order chi connectivity index (χ1) is 15.2. The average Bonchev–Trinajstić information content (AvgIpc) is 3.30. The number of carbonyl (C=O) groups excluding carboxylic acids is 2. The molecule has 0 aliphatic carbocycles. The van der Waals surface area contributed by atoms with Crippen molar-refractivity contribution in [1.29, 1.82) is 0 Å². The second-order valence-corrected chi connectivity index (χ2v) is 8.85. The van der Waals surface area contributed by atoms with Gasteiger partial charge in [-0.25, -0.2) is 4.39 Å². The second kappa shape index (κ2) is 8.89. The molecule has 0 radical (unpaired) electrons. The number of nitro benzene ring substituents is 1. The molecular weight excluding hydrogens is 527 g/mol. The number of nitro groups is 1. The van der Waals surface area contributed by atoms with Crippen LogP contribution < -0.4 is 0 Å². The standard InChI is InChI=1S/C21H11BrClFN2O5S/c22-15-8-11(26(29)30)4-6-13(15)18-7-5-12(31-18)9-19-20(27)25(21(28)32-19)10-14-16(23)2-1-3-17(14)24/h1-9H,10H2/b19-9+. The minimum atomic E-state index is -0.607. The zero-order valence-electron chi connectivity index (χ0n) is 15.9. The molecule has 0 N–H and O–H groups in total. The Labute approximate surface area is 198 Å². The number of rotatable bonds is 5. The molecule has 0 bridgehead atoms. The van der Waals surface area contributed by atoms with Gasteiger partial charge in [-0.1, -0.05) is 17.7 Å². The van der Waals surface area contributed by atoms with Crippen molar-refractivity contribution in [2.45, 2.75) is 6.54 Å².